The van der Waals surface area contributed by atoms with E-state index in [0.29, 0.717) is 6.61 Å². The molecule has 0 aliphatic carbocycles. The minimum Gasteiger partial charge on any atom is -0.381 e. The lowest BCUT2D eigenvalue weighted by atomic mass is 10.1. The Morgan fingerprint density at radius 1 is 1.27 bits per heavy atom. The molecule has 1 atom stereocenters. The first-order valence-electron chi connectivity index (χ1n) is 10.9. The molecule has 2 heterocycles. The highest BCUT2D eigenvalue weighted by Crippen LogP contribution is 2.13. The number of aryl methyl sites for hydroxylation is 1. The summed E-state index contributed by atoms with van der Waals surface area (Å²) in [5.74, 6) is 2.64. The third-order valence-electron chi connectivity index (χ3n) is 4.96. The van der Waals surface area contributed by atoms with Crippen molar-refractivity contribution in [2.45, 2.75) is 51.8 Å². The van der Waals surface area contributed by atoms with E-state index in [1.165, 1.54) is 5.56 Å². The normalized spacial score (nSPS) is 16.3. The fourth-order valence-corrected chi connectivity index (χ4v) is 3.48. The third-order valence-corrected chi connectivity index (χ3v) is 4.96. The second-order valence-corrected chi connectivity index (χ2v) is 7.40. The summed E-state index contributed by atoms with van der Waals surface area (Å²) in [6, 6.07) is 10.7. The molecule has 1 aliphatic rings. The summed E-state index contributed by atoms with van der Waals surface area (Å²) in [5, 5.41) is 11.4. The summed E-state index contributed by atoms with van der Waals surface area (Å²) in [4.78, 5) is 9.24. The summed E-state index contributed by atoms with van der Waals surface area (Å²) < 4.78 is 12.9. The van der Waals surface area contributed by atoms with Gasteiger partial charge in [0.1, 0.15) is 12.4 Å². The first kappa shape index (κ1) is 22.2. The summed E-state index contributed by atoms with van der Waals surface area (Å²) in [7, 11) is 1.66. The van der Waals surface area contributed by atoms with E-state index in [1.54, 1.807) is 7.11 Å². The van der Waals surface area contributed by atoms with Crippen LogP contribution in [0.4, 0.5) is 0 Å². The first-order chi connectivity index (χ1) is 14.8. The zero-order chi connectivity index (χ0) is 21.0. The van der Waals surface area contributed by atoms with Crippen LogP contribution in [0.15, 0.2) is 35.3 Å². The highest BCUT2D eigenvalue weighted by Gasteiger charge is 2.22. The maximum atomic E-state index is 5.75. The van der Waals surface area contributed by atoms with Gasteiger partial charge in [0.05, 0.1) is 13.2 Å². The number of aliphatic imine (C=N–C) groups is 1. The number of hydrogen-bond donors (Lipinski definition) is 2. The van der Waals surface area contributed by atoms with E-state index in [0.717, 1.165) is 76.1 Å². The van der Waals surface area contributed by atoms with Crippen LogP contribution in [0.5, 0.6) is 0 Å². The van der Waals surface area contributed by atoms with E-state index in [4.69, 9.17) is 14.5 Å². The lowest BCUT2D eigenvalue weighted by Crippen LogP contribution is -2.47. The monoisotopic (exact) mass is 414 g/mol. The van der Waals surface area contributed by atoms with Crippen LogP contribution in [0.25, 0.3) is 0 Å². The lowest BCUT2D eigenvalue weighted by Gasteiger charge is -2.25. The number of fused-ring (bicyclic) bond motifs is 1. The largest absolute Gasteiger partial charge is 0.381 e. The van der Waals surface area contributed by atoms with Gasteiger partial charge in [-0.2, -0.15) is 5.10 Å². The van der Waals surface area contributed by atoms with Crippen molar-refractivity contribution in [1.82, 2.24) is 25.4 Å². The Kier molecular flexibility index (Phi) is 9.11. The molecule has 0 saturated carbocycles. The maximum Gasteiger partial charge on any atom is 0.191 e. The lowest BCUT2D eigenvalue weighted by molar-refractivity contribution is 0.136. The van der Waals surface area contributed by atoms with Crippen LogP contribution < -0.4 is 10.6 Å². The summed E-state index contributed by atoms with van der Waals surface area (Å²) in [6.45, 7) is 6.37. The van der Waals surface area contributed by atoms with Gasteiger partial charge in [-0.25, -0.2) is 9.67 Å². The highest BCUT2D eigenvalue weighted by molar-refractivity contribution is 5.80. The zero-order valence-corrected chi connectivity index (χ0v) is 18.1. The van der Waals surface area contributed by atoms with Crippen LogP contribution in [-0.4, -0.2) is 60.2 Å². The number of nitrogens with zero attached hydrogens (tertiary/aromatic N) is 4. The van der Waals surface area contributed by atoms with Gasteiger partial charge in [-0.3, -0.25) is 4.99 Å². The van der Waals surface area contributed by atoms with Crippen molar-refractivity contribution >= 4 is 5.96 Å². The quantitative estimate of drug-likeness (QED) is 0.332. The molecule has 1 aromatic carbocycles. The Morgan fingerprint density at radius 3 is 2.93 bits per heavy atom. The molecule has 1 aliphatic heterocycles. The average Bonchev–Trinajstić information content (AvgIpc) is 3.16. The molecular weight excluding hydrogens is 380 g/mol. The molecule has 8 nitrogen and oxygen atoms in total. The Labute approximate surface area is 179 Å². The molecule has 3 rings (SSSR count). The molecule has 0 spiro atoms. The van der Waals surface area contributed by atoms with E-state index in [-0.39, 0.29) is 6.04 Å². The molecule has 2 aromatic rings. The number of benzene rings is 1. The van der Waals surface area contributed by atoms with Gasteiger partial charge in [0.15, 0.2) is 11.8 Å². The fourth-order valence-electron chi connectivity index (χ4n) is 3.48. The molecule has 0 saturated heterocycles. The van der Waals surface area contributed by atoms with Crippen molar-refractivity contribution in [2.75, 3.05) is 33.4 Å². The fraction of sp³-hybridized carbons (Fsp3) is 0.591. The molecular formula is C22H34N6O2. The standard InChI is InChI=1S/C22H34N6O2/c1-3-23-22(24-13-7-14-30-15-12-18-8-5-4-6-9-18)25-19-10-11-21-26-20(17-29-2)27-28(21)16-19/h4-6,8-9,19H,3,7,10-17H2,1-2H3,(H2,23,24,25). The van der Waals surface area contributed by atoms with Crippen molar-refractivity contribution < 1.29 is 9.47 Å². The van der Waals surface area contributed by atoms with Gasteiger partial charge < -0.3 is 20.1 Å². The summed E-state index contributed by atoms with van der Waals surface area (Å²) in [5.41, 5.74) is 1.31. The Bertz CT molecular complexity index is 777. The Hall–Kier alpha value is -2.45. The number of ether oxygens (including phenoxy) is 2. The van der Waals surface area contributed by atoms with Crippen LogP contribution in [0.2, 0.25) is 0 Å². The van der Waals surface area contributed by atoms with Crippen molar-refractivity contribution in [3.05, 3.63) is 47.5 Å². The number of aromatic nitrogens is 3. The second kappa shape index (κ2) is 12.3. The smallest absolute Gasteiger partial charge is 0.191 e. The Balaban J connectivity index is 1.37. The maximum absolute atomic E-state index is 5.75. The van der Waals surface area contributed by atoms with E-state index in [2.05, 4.69) is 51.9 Å². The molecule has 164 valence electrons. The molecule has 1 aromatic heterocycles. The van der Waals surface area contributed by atoms with E-state index >= 15 is 0 Å². The first-order valence-corrected chi connectivity index (χ1v) is 10.9. The van der Waals surface area contributed by atoms with E-state index in [1.807, 2.05) is 10.7 Å². The molecule has 30 heavy (non-hydrogen) atoms. The Morgan fingerprint density at radius 2 is 2.13 bits per heavy atom. The molecule has 0 amide bonds. The van der Waals surface area contributed by atoms with Gasteiger partial charge in [0.2, 0.25) is 0 Å². The number of guanidine groups is 1. The second-order valence-electron chi connectivity index (χ2n) is 7.40. The minimum atomic E-state index is 0.287. The van der Waals surface area contributed by atoms with Gasteiger partial charge in [0.25, 0.3) is 0 Å². The van der Waals surface area contributed by atoms with Gasteiger partial charge in [0, 0.05) is 39.3 Å². The number of nitrogens with one attached hydrogen (secondary N) is 2. The summed E-state index contributed by atoms with van der Waals surface area (Å²) in [6.07, 6.45) is 3.77. The van der Waals surface area contributed by atoms with Gasteiger partial charge in [-0.15, -0.1) is 0 Å². The van der Waals surface area contributed by atoms with Crippen LogP contribution in [0.1, 0.15) is 37.0 Å². The number of rotatable bonds is 11. The molecule has 0 radical (unpaired) electrons. The van der Waals surface area contributed by atoms with Crippen LogP contribution >= 0.6 is 0 Å². The average molecular weight is 415 g/mol. The predicted octanol–water partition coefficient (Wildman–Crippen LogP) is 1.94. The number of hydrogen-bond acceptors (Lipinski definition) is 5. The molecule has 1 unspecified atom stereocenters. The van der Waals surface area contributed by atoms with Crippen LogP contribution in [-0.2, 0) is 35.5 Å². The van der Waals surface area contributed by atoms with Gasteiger partial charge in [-0.1, -0.05) is 30.3 Å². The van der Waals surface area contributed by atoms with Crippen LogP contribution in [0.3, 0.4) is 0 Å². The number of methoxy groups -OCH3 is 1. The van der Waals surface area contributed by atoms with Gasteiger partial charge in [-0.05, 0) is 31.7 Å². The van der Waals surface area contributed by atoms with E-state index < -0.39 is 0 Å². The molecule has 2 N–H and O–H groups in total. The topological polar surface area (TPSA) is 85.6 Å². The van der Waals surface area contributed by atoms with Crippen molar-refractivity contribution in [2.24, 2.45) is 4.99 Å². The minimum absolute atomic E-state index is 0.287. The summed E-state index contributed by atoms with van der Waals surface area (Å²) >= 11 is 0. The predicted molar refractivity (Wildman–Crippen MR) is 118 cm³/mol. The molecule has 8 heteroatoms. The highest BCUT2D eigenvalue weighted by atomic mass is 16.5. The van der Waals surface area contributed by atoms with Crippen molar-refractivity contribution in [1.29, 1.82) is 0 Å². The third kappa shape index (κ3) is 7.11. The van der Waals surface area contributed by atoms with Crippen molar-refractivity contribution in [3.63, 3.8) is 0 Å². The van der Waals surface area contributed by atoms with Gasteiger partial charge >= 0.3 is 0 Å². The SMILES string of the molecule is CCNC(=NCCCOCCc1ccccc1)NC1CCc2nc(COC)nn2C1. The zero-order valence-electron chi connectivity index (χ0n) is 18.1. The van der Waals surface area contributed by atoms with Crippen LogP contribution in [0, 0.1) is 0 Å². The van der Waals surface area contributed by atoms with E-state index in [9.17, 15) is 0 Å². The molecule has 0 fully saturated rings. The van der Waals surface area contributed by atoms with Crippen molar-refractivity contribution in [3.8, 4) is 0 Å². The molecule has 0 bridgehead atoms.